The monoisotopic (exact) mass is 406 g/mol. The number of aliphatic hydroxyl groups is 2. The van der Waals surface area contributed by atoms with E-state index in [2.05, 4.69) is 17.0 Å². The summed E-state index contributed by atoms with van der Waals surface area (Å²) in [6, 6.07) is -1.00. The maximum Gasteiger partial charge on any atom is 0.295 e. The summed E-state index contributed by atoms with van der Waals surface area (Å²) in [6.45, 7) is 4.30. The van der Waals surface area contributed by atoms with Crippen LogP contribution in [-0.2, 0) is 42.9 Å². The summed E-state index contributed by atoms with van der Waals surface area (Å²) in [5, 5.41) is 22.2. The third-order valence-electron chi connectivity index (χ3n) is 3.91. The van der Waals surface area contributed by atoms with Crippen molar-refractivity contribution >= 4 is 25.0 Å². The third kappa shape index (κ3) is 6.22. The Kier molecular flexibility index (Phi) is 9.99. The lowest BCUT2D eigenvalue weighted by Crippen LogP contribution is -2.65. The zero-order chi connectivity index (χ0) is 21.3. The number of rotatable bonds is 12. The summed E-state index contributed by atoms with van der Waals surface area (Å²) in [5.74, 6) is -0.489. The van der Waals surface area contributed by atoms with E-state index in [1.807, 2.05) is 0 Å². The molecule has 1 fully saturated rings. The van der Waals surface area contributed by atoms with Gasteiger partial charge in [0.2, 0.25) is 24.6 Å². The van der Waals surface area contributed by atoms with Crippen LogP contribution in [0.1, 0.15) is 6.92 Å². The summed E-state index contributed by atoms with van der Waals surface area (Å²) in [4.78, 5) is 44.5. The van der Waals surface area contributed by atoms with E-state index in [4.69, 9.17) is 18.9 Å². The van der Waals surface area contributed by atoms with Crippen LogP contribution >= 0.6 is 0 Å². The molecule has 3 N–H and O–H groups in total. The number of amides is 1. The Hall–Kier alpha value is -2.09. The number of nitrogens with one attached hydrogen (secondary N) is 1. The van der Waals surface area contributed by atoms with Crippen molar-refractivity contribution in [3.8, 4) is 0 Å². The summed E-state index contributed by atoms with van der Waals surface area (Å²) in [5.41, 5.74) is 0. The minimum atomic E-state index is -1.73. The zero-order valence-electron chi connectivity index (χ0n) is 15.3. The molecule has 8 atom stereocenters. The van der Waals surface area contributed by atoms with E-state index in [-0.39, 0.29) is 19.0 Å². The first-order valence-corrected chi connectivity index (χ1v) is 8.20. The quantitative estimate of drug-likeness (QED) is 0.173. The Labute approximate surface area is 161 Å². The Balaban J connectivity index is 3.02. The molecule has 1 aliphatic rings. The van der Waals surface area contributed by atoms with Crippen molar-refractivity contribution in [2.24, 2.45) is 0 Å². The first-order valence-electron chi connectivity index (χ1n) is 8.20. The van der Waals surface area contributed by atoms with Gasteiger partial charge in [-0.15, -0.1) is 0 Å². The SMILES string of the molecule is [CH2+][C@@H]1OC(CO)[C@H](O)C(O[C@@H](C=O)OC(OC=O)C(C=O)OC)C1NC(C)=O. The average Bonchev–Trinajstić information content (AvgIpc) is 2.66. The van der Waals surface area contributed by atoms with Crippen molar-refractivity contribution in [1.82, 2.24) is 5.32 Å². The predicted octanol–water partition coefficient (Wildman–Crippen LogP) is -2.91. The van der Waals surface area contributed by atoms with E-state index in [0.29, 0.717) is 0 Å². The van der Waals surface area contributed by atoms with E-state index in [1.54, 1.807) is 0 Å². The van der Waals surface area contributed by atoms with Crippen molar-refractivity contribution in [1.29, 1.82) is 0 Å². The van der Waals surface area contributed by atoms with Gasteiger partial charge in [0.15, 0.2) is 18.7 Å². The number of hydrogen-bond acceptors (Lipinski definition) is 11. The van der Waals surface area contributed by atoms with Gasteiger partial charge in [0.1, 0.15) is 24.4 Å². The maximum absolute atomic E-state index is 11.5. The van der Waals surface area contributed by atoms with Gasteiger partial charge in [-0.3, -0.25) is 14.4 Å². The van der Waals surface area contributed by atoms with Crippen LogP contribution in [-0.4, -0.2) is 98.0 Å². The average molecular weight is 406 g/mol. The van der Waals surface area contributed by atoms with Gasteiger partial charge in [0.05, 0.1) is 13.5 Å². The topological polar surface area (TPSA) is 167 Å². The third-order valence-corrected chi connectivity index (χ3v) is 3.91. The first kappa shape index (κ1) is 23.9. The molecule has 1 heterocycles. The van der Waals surface area contributed by atoms with Crippen LogP contribution in [0, 0.1) is 6.92 Å². The van der Waals surface area contributed by atoms with E-state index in [1.165, 1.54) is 6.92 Å². The minimum absolute atomic E-state index is 0.0146. The summed E-state index contributed by atoms with van der Waals surface area (Å²) in [6.07, 6.45) is -9.04. The largest absolute Gasteiger partial charge is 0.434 e. The second kappa shape index (κ2) is 11.7. The van der Waals surface area contributed by atoms with Gasteiger partial charge in [0, 0.05) is 14.0 Å². The second-order valence-electron chi connectivity index (χ2n) is 5.79. The smallest absolute Gasteiger partial charge is 0.295 e. The van der Waals surface area contributed by atoms with Crippen LogP contribution in [0.3, 0.4) is 0 Å². The molecule has 1 rings (SSSR count). The van der Waals surface area contributed by atoms with Crippen molar-refractivity contribution in [3.63, 3.8) is 0 Å². The van der Waals surface area contributed by atoms with Crippen LogP contribution in [0.25, 0.3) is 0 Å². The highest BCUT2D eigenvalue weighted by Crippen LogP contribution is 2.25. The Morgan fingerprint density at radius 3 is 2.46 bits per heavy atom. The number of ether oxygens (including phenoxy) is 5. The molecule has 0 aromatic carbocycles. The summed E-state index contributed by atoms with van der Waals surface area (Å²) >= 11 is 0. The Morgan fingerprint density at radius 1 is 1.32 bits per heavy atom. The number of carbonyl (C=O) groups is 4. The first-order chi connectivity index (χ1) is 13.3. The lowest BCUT2D eigenvalue weighted by Gasteiger charge is -2.41. The standard InChI is InChI=1S/C16H23NO11/c1-8-13(17-9(2)22)15(14(23)10(4-18)26-8)27-12(6-20)28-16(25-7-21)11(5-19)24-3/h5-8,10-16,18,23H,1,4H2,2-3H3/p+1/t8-,10?,11?,12+,13?,14-,15?,16?/m0/s1. The zero-order valence-corrected chi connectivity index (χ0v) is 15.3. The van der Waals surface area contributed by atoms with E-state index in [9.17, 15) is 29.4 Å². The van der Waals surface area contributed by atoms with Gasteiger partial charge in [-0.25, -0.2) is 0 Å². The number of hydrogen-bond donors (Lipinski definition) is 3. The van der Waals surface area contributed by atoms with E-state index in [0.717, 1.165) is 7.11 Å². The predicted molar refractivity (Wildman–Crippen MR) is 88.3 cm³/mol. The molecule has 0 bridgehead atoms. The molecular weight excluding hydrogens is 382 g/mol. The maximum atomic E-state index is 11.5. The van der Waals surface area contributed by atoms with Crippen LogP contribution in [0.4, 0.5) is 0 Å². The highest BCUT2D eigenvalue weighted by Gasteiger charge is 2.49. The van der Waals surface area contributed by atoms with E-state index >= 15 is 0 Å². The normalized spacial score (nSPS) is 30.5. The van der Waals surface area contributed by atoms with Crippen molar-refractivity contribution < 1.29 is 53.1 Å². The molecule has 0 spiro atoms. The molecule has 5 unspecified atom stereocenters. The number of methoxy groups -OCH3 is 1. The minimum Gasteiger partial charge on any atom is -0.434 e. The van der Waals surface area contributed by atoms with Gasteiger partial charge in [-0.2, -0.15) is 0 Å². The Morgan fingerprint density at radius 2 is 2.00 bits per heavy atom. The Bertz CT molecular complexity index is 531. The molecule has 0 saturated carbocycles. The number of aliphatic hydroxyl groups excluding tert-OH is 2. The molecule has 0 radical (unpaired) electrons. The van der Waals surface area contributed by atoms with Gasteiger partial charge in [-0.1, -0.05) is 0 Å². The fourth-order valence-electron chi connectivity index (χ4n) is 2.61. The van der Waals surface area contributed by atoms with Crippen LogP contribution in [0.2, 0.25) is 0 Å². The van der Waals surface area contributed by atoms with Gasteiger partial charge in [0.25, 0.3) is 6.47 Å². The fraction of sp³-hybridized carbons (Fsp3) is 0.688. The number of carbonyl (C=O) groups excluding carboxylic acids is 4. The molecule has 0 aromatic heterocycles. The second-order valence-corrected chi connectivity index (χ2v) is 5.79. The molecule has 1 amide bonds. The lowest BCUT2D eigenvalue weighted by molar-refractivity contribution is -0.282. The summed E-state index contributed by atoms with van der Waals surface area (Å²) in [7, 11) is 1.15. The molecule has 158 valence electrons. The van der Waals surface area contributed by atoms with Crippen molar-refractivity contribution in [3.05, 3.63) is 6.92 Å². The van der Waals surface area contributed by atoms with Crippen molar-refractivity contribution in [2.75, 3.05) is 13.7 Å². The highest BCUT2D eigenvalue weighted by atomic mass is 16.8. The van der Waals surface area contributed by atoms with E-state index < -0.39 is 61.7 Å². The number of aldehydes is 2. The fourth-order valence-corrected chi connectivity index (χ4v) is 2.61. The molecular formula is C16H24NO11+. The molecule has 1 aliphatic heterocycles. The van der Waals surface area contributed by atoms with Crippen LogP contribution < -0.4 is 5.32 Å². The lowest BCUT2D eigenvalue weighted by atomic mass is 9.93. The molecule has 0 aromatic rings. The summed E-state index contributed by atoms with van der Waals surface area (Å²) < 4.78 is 25.3. The molecule has 12 heteroatoms. The molecule has 1 saturated heterocycles. The van der Waals surface area contributed by atoms with Crippen molar-refractivity contribution in [2.45, 2.75) is 56.1 Å². The van der Waals surface area contributed by atoms with Crippen LogP contribution in [0.5, 0.6) is 0 Å². The van der Waals surface area contributed by atoms with Crippen LogP contribution in [0.15, 0.2) is 0 Å². The molecule has 12 nitrogen and oxygen atoms in total. The van der Waals surface area contributed by atoms with Gasteiger partial charge >= 0.3 is 0 Å². The van der Waals surface area contributed by atoms with Gasteiger partial charge < -0.3 is 44.0 Å². The molecule has 0 aliphatic carbocycles. The highest BCUT2D eigenvalue weighted by molar-refractivity contribution is 5.73. The van der Waals surface area contributed by atoms with Gasteiger partial charge in [-0.05, 0) is 0 Å². The molecule has 28 heavy (non-hydrogen) atoms.